The van der Waals surface area contributed by atoms with Crippen LogP contribution in [0.25, 0.3) is 0 Å². The first kappa shape index (κ1) is 6.20. The normalized spacial score (nSPS) is 50.5. The number of hydrogen-bond donors (Lipinski definition) is 1. The minimum Gasteiger partial charge on any atom is -0.481 e. The summed E-state index contributed by atoms with van der Waals surface area (Å²) in [4.78, 5) is 10.6. The number of hydrogen-bond acceptors (Lipinski definition) is 1. The van der Waals surface area contributed by atoms with Crippen LogP contribution in [0.2, 0.25) is 0 Å². The molecule has 3 atom stereocenters. The van der Waals surface area contributed by atoms with E-state index in [9.17, 15) is 4.79 Å². The van der Waals surface area contributed by atoms with Crippen LogP contribution in [0.4, 0.5) is 0 Å². The molecule has 0 amide bonds. The summed E-state index contributed by atoms with van der Waals surface area (Å²) in [5.41, 5.74) is 0.200. The monoisotopic (exact) mass is 140 g/mol. The van der Waals surface area contributed by atoms with Gasteiger partial charge in [0, 0.05) is 0 Å². The maximum atomic E-state index is 10.6. The van der Waals surface area contributed by atoms with E-state index in [0.29, 0.717) is 5.92 Å². The summed E-state index contributed by atoms with van der Waals surface area (Å²) in [6.45, 7) is 2.11. The SMILES string of the molecule is C[C@]12CCCC1[C@H]2C(=O)O. The minimum absolute atomic E-state index is 0.00116. The van der Waals surface area contributed by atoms with Crippen molar-refractivity contribution >= 4 is 5.97 Å². The second kappa shape index (κ2) is 1.55. The van der Waals surface area contributed by atoms with Gasteiger partial charge in [0.1, 0.15) is 0 Å². The molecule has 0 aromatic rings. The average Bonchev–Trinajstić information content (AvgIpc) is 2.22. The molecule has 2 heteroatoms. The van der Waals surface area contributed by atoms with Crippen LogP contribution < -0.4 is 0 Å². The molecule has 0 bridgehead atoms. The van der Waals surface area contributed by atoms with Gasteiger partial charge in [-0.2, -0.15) is 0 Å². The van der Waals surface area contributed by atoms with Gasteiger partial charge in [-0.1, -0.05) is 13.3 Å². The third-order valence-corrected chi connectivity index (χ3v) is 3.35. The highest BCUT2D eigenvalue weighted by atomic mass is 16.4. The number of aliphatic carboxylic acids is 1. The summed E-state index contributed by atoms with van der Waals surface area (Å²) < 4.78 is 0. The largest absolute Gasteiger partial charge is 0.481 e. The summed E-state index contributed by atoms with van der Waals surface area (Å²) in [6, 6.07) is 0. The molecule has 0 aromatic heterocycles. The number of carboxylic acid groups (broad SMARTS) is 1. The fourth-order valence-electron chi connectivity index (χ4n) is 2.66. The van der Waals surface area contributed by atoms with Crippen molar-refractivity contribution in [1.82, 2.24) is 0 Å². The molecule has 2 fully saturated rings. The van der Waals surface area contributed by atoms with Gasteiger partial charge in [-0.3, -0.25) is 4.79 Å². The van der Waals surface area contributed by atoms with Crippen molar-refractivity contribution in [2.75, 3.05) is 0 Å². The van der Waals surface area contributed by atoms with Crippen LogP contribution in [0.5, 0.6) is 0 Å². The van der Waals surface area contributed by atoms with Crippen LogP contribution in [-0.2, 0) is 4.79 Å². The number of carbonyl (C=O) groups is 1. The van der Waals surface area contributed by atoms with E-state index in [1.165, 1.54) is 6.42 Å². The Hall–Kier alpha value is -0.530. The Bertz CT molecular complexity index is 188. The molecule has 0 aliphatic heterocycles. The highest BCUT2D eigenvalue weighted by Gasteiger charge is 2.66. The number of rotatable bonds is 1. The van der Waals surface area contributed by atoms with Crippen LogP contribution in [0.15, 0.2) is 0 Å². The second-order valence-corrected chi connectivity index (χ2v) is 3.82. The highest BCUT2D eigenvalue weighted by molar-refractivity contribution is 5.75. The molecule has 56 valence electrons. The maximum Gasteiger partial charge on any atom is 0.307 e. The van der Waals surface area contributed by atoms with Crippen molar-refractivity contribution in [3.8, 4) is 0 Å². The first-order valence-electron chi connectivity index (χ1n) is 3.89. The molecule has 1 N–H and O–H groups in total. The van der Waals surface area contributed by atoms with E-state index in [1.54, 1.807) is 0 Å². The third kappa shape index (κ3) is 0.522. The molecule has 0 heterocycles. The zero-order valence-corrected chi connectivity index (χ0v) is 6.13. The molecule has 0 saturated heterocycles. The van der Waals surface area contributed by atoms with Gasteiger partial charge >= 0.3 is 5.97 Å². The van der Waals surface area contributed by atoms with E-state index >= 15 is 0 Å². The van der Waals surface area contributed by atoms with Crippen molar-refractivity contribution in [3.05, 3.63) is 0 Å². The van der Waals surface area contributed by atoms with E-state index in [4.69, 9.17) is 5.11 Å². The van der Waals surface area contributed by atoms with Gasteiger partial charge in [0.15, 0.2) is 0 Å². The molecule has 0 spiro atoms. The first-order valence-corrected chi connectivity index (χ1v) is 3.89. The molecule has 2 saturated carbocycles. The highest BCUT2D eigenvalue weighted by Crippen LogP contribution is 2.68. The summed E-state index contributed by atoms with van der Waals surface area (Å²) in [6.07, 6.45) is 3.52. The second-order valence-electron chi connectivity index (χ2n) is 3.82. The van der Waals surface area contributed by atoms with Gasteiger partial charge < -0.3 is 5.11 Å². The van der Waals surface area contributed by atoms with Crippen molar-refractivity contribution in [2.45, 2.75) is 26.2 Å². The Morgan fingerprint density at radius 3 is 2.70 bits per heavy atom. The van der Waals surface area contributed by atoms with E-state index < -0.39 is 5.97 Å². The van der Waals surface area contributed by atoms with Crippen LogP contribution in [0, 0.1) is 17.3 Å². The molecule has 10 heavy (non-hydrogen) atoms. The summed E-state index contributed by atoms with van der Waals surface area (Å²) in [5.74, 6) is -0.0570. The lowest BCUT2D eigenvalue weighted by atomic mass is 10.0. The van der Waals surface area contributed by atoms with E-state index in [2.05, 4.69) is 6.92 Å². The predicted octanol–water partition coefficient (Wildman–Crippen LogP) is 1.51. The Morgan fingerprint density at radius 2 is 2.40 bits per heavy atom. The zero-order valence-electron chi connectivity index (χ0n) is 6.13. The first-order chi connectivity index (χ1) is 4.66. The molecule has 1 unspecified atom stereocenters. The summed E-state index contributed by atoms with van der Waals surface area (Å²) in [7, 11) is 0. The van der Waals surface area contributed by atoms with Crippen LogP contribution in [0.3, 0.4) is 0 Å². The van der Waals surface area contributed by atoms with Crippen LogP contribution in [0.1, 0.15) is 26.2 Å². The van der Waals surface area contributed by atoms with Gasteiger partial charge in [-0.05, 0) is 24.2 Å². The van der Waals surface area contributed by atoms with Gasteiger partial charge in [0.05, 0.1) is 5.92 Å². The minimum atomic E-state index is -0.577. The molecule has 2 aliphatic carbocycles. The predicted molar refractivity (Wildman–Crippen MR) is 36.6 cm³/mol. The molecular formula is C8H12O2. The van der Waals surface area contributed by atoms with E-state index in [-0.39, 0.29) is 11.3 Å². The van der Waals surface area contributed by atoms with Gasteiger partial charge in [-0.15, -0.1) is 0 Å². The number of fused-ring (bicyclic) bond motifs is 1. The smallest absolute Gasteiger partial charge is 0.307 e. The Balaban J connectivity index is 2.15. The molecular weight excluding hydrogens is 128 g/mol. The molecule has 0 radical (unpaired) electrons. The summed E-state index contributed by atoms with van der Waals surface area (Å²) in [5, 5.41) is 8.72. The quantitative estimate of drug-likeness (QED) is 0.599. The maximum absolute atomic E-state index is 10.6. The lowest BCUT2D eigenvalue weighted by Gasteiger charge is -2.02. The Kier molecular flexibility index (Phi) is 0.960. The van der Waals surface area contributed by atoms with E-state index in [1.807, 2.05) is 0 Å². The lowest BCUT2D eigenvalue weighted by Crippen LogP contribution is -2.07. The average molecular weight is 140 g/mol. The van der Waals surface area contributed by atoms with Crippen molar-refractivity contribution in [2.24, 2.45) is 17.3 Å². The standard InChI is InChI=1S/C8H12O2/c1-8-4-2-3-5(8)6(8)7(9)10/h5-6H,2-4H2,1H3,(H,9,10)/t5?,6-,8-/m0/s1. The molecule has 2 rings (SSSR count). The van der Waals surface area contributed by atoms with Crippen LogP contribution in [-0.4, -0.2) is 11.1 Å². The van der Waals surface area contributed by atoms with E-state index in [0.717, 1.165) is 12.8 Å². The topological polar surface area (TPSA) is 37.3 Å². The number of carboxylic acids is 1. The van der Waals surface area contributed by atoms with Crippen molar-refractivity contribution in [3.63, 3.8) is 0 Å². The van der Waals surface area contributed by atoms with Crippen molar-refractivity contribution < 1.29 is 9.90 Å². The van der Waals surface area contributed by atoms with Crippen LogP contribution >= 0.6 is 0 Å². The lowest BCUT2D eigenvalue weighted by molar-refractivity contribution is -0.139. The zero-order chi connectivity index (χ0) is 7.35. The summed E-state index contributed by atoms with van der Waals surface area (Å²) >= 11 is 0. The molecule has 0 aromatic carbocycles. The Morgan fingerprint density at radius 1 is 1.70 bits per heavy atom. The van der Waals surface area contributed by atoms with Gasteiger partial charge in [0.2, 0.25) is 0 Å². The molecule has 2 nitrogen and oxygen atoms in total. The third-order valence-electron chi connectivity index (χ3n) is 3.35. The Labute approximate surface area is 60.2 Å². The van der Waals surface area contributed by atoms with Gasteiger partial charge in [0.25, 0.3) is 0 Å². The fourth-order valence-corrected chi connectivity index (χ4v) is 2.66. The fraction of sp³-hybridized carbons (Fsp3) is 0.875. The van der Waals surface area contributed by atoms with Crippen molar-refractivity contribution in [1.29, 1.82) is 0 Å². The van der Waals surface area contributed by atoms with Gasteiger partial charge in [-0.25, -0.2) is 0 Å². The molecule has 2 aliphatic rings.